The molecular weight excluding hydrogens is 440 g/mol. The number of nitrogens with zero attached hydrogens (tertiary/aromatic N) is 4. The Bertz CT molecular complexity index is 678. The Hall–Kier alpha value is -2.53. The van der Waals surface area contributed by atoms with Crippen LogP contribution in [0.4, 0.5) is 0 Å². The molecule has 0 unspecified atom stereocenters. The van der Waals surface area contributed by atoms with E-state index in [1.807, 2.05) is 32.9 Å². The lowest BCUT2D eigenvalue weighted by atomic mass is 10.2. The van der Waals surface area contributed by atoms with Gasteiger partial charge < -0.3 is 15.3 Å². The summed E-state index contributed by atoms with van der Waals surface area (Å²) in [4.78, 5) is 41.3. The van der Waals surface area contributed by atoms with Gasteiger partial charge in [0.25, 0.3) is 0 Å². The van der Waals surface area contributed by atoms with Crippen molar-refractivity contribution in [3.63, 3.8) is 0 Å². The molecular formula is C24H42N4O6. The first kappa shape index (κ1) is 31.5. The second-order valence-electron chi connectivity index (χ2n) is 8.12. The van der Waals surface area contributed by atoms with Gasteiger partial charge >= 0.3 is 17.9 Å². The van der Waals surface area contributed by atoms with E-state index in [2.05, 4.69) is 18.1 Å². The monoisotopic (exact) mass is 482 g/mol. The number of carboxylic acids is 3. The number of carboxylic acid groups (broad SMARTS) is 3. The summed E-state index contributed by atoms with van der Waals surface area (Å²) in [6.45, 7) is 17.6. The maximum atomic E-state index is 11.3. The normalized spacial score (nSPS) is 17.7. The van der Waals surface area contributed by atoms with Crippen molar-refractivity contribution in [1.29, 1.82) is 0 Å². The number of allylic oxidation sites excluding steroid dienone is 2. The molecule has 194 valence electrons. The highest BCUT2D eigenvalue weighted by Crippen LogP contribution is 2.05. The van der Waals surface area contributed by atoms with E-state index in [9.17, 15) is 29.7 Å². The lowest BCUT2D eigenvalue weighted by Crippen LogP contribution is -2.48. The van der Waals surface area contributed by atoms with Gasteiger partial charge in [0.15, 0.2) is 0 Å². The molecule has 10 heteroatoms. The summed E-state index contributed by atoms with van der Waals surface area (Å²) >= 11 is 0. The van der Waals surface area contributed by atoms with Crippen LogP contribution in [0, 0.1) is 0 Å². The van der Waals surface area contributed by atoms with Gasteiger partial charge in [-0.15, -0.1) is 0 Å². The van der Waals surface area contributed by atoms with Gasteiger partial charge in [0.2, 0.25) is 0 Å². The highest BCUT2D eigenvalue weighted by Gasteiger charge is 2.20. The van der Waals surface area contributed by atoms with Crippen LogP contribution >= 0.6 is 0 Å². The van der Waals surface area contributed by atoms with E-state index >= 15 is 0 Å². The minimum atomic E-state index is -0.973. The van der Waals surface area contributed by atoms with Crippen LogP contribution in [0.25, 0.3) is 0 Å². The smallest absolute Gasteiger partial charge is 0.317 e. The highest BCUT2D eigenvalue weighted by atomic mass is 16.4. The summed E-state index contributed by atoms with van der Waals surface area (Å²) in [6, 6.07) is 0. The molecule has 1 rings (SSSR count). The van der Waals surface area contributed by atoms with Crippen LogP contribution in [0.2, 0.25) is 0 Å². The van der Waals surface area contributed by atoms with Crippen molar-refractivity contribution in [2.75, 3.05) is 78.5 Å². The van der Waals surface area contributed by atoms with E-state index in [1.165, 1.54) is 0 Å². The van der Waals surface area contributed by atoms with E-state index in [0.29, 0.717) is 58.9 Å². The Morgan fingerprint density at radius 1 is 0.618 bits per heavy atom. The van der Waals surface area contributed by atoms with Gasteiger partial charge in [0.05, 0.1) is 19.6 Å². The lowest BCUT2D eigenvalue weighted by Gasteiger charge is -2.33. The van der Waals surface area contributed by atoms with Crippen molar-refractivity contribution in [2.24, 2.45) is 0 Å². The predicted molar refractivity (Wildman–Crippen MR) is 133 cm³/mol. The van der Waals surface area contributed by atoms with Crippen molar-refractivity contribution in [2.45, 2.75) is 20.8 Å². The molecule has 1 fully saturated rings. The zero-order chi connectivity index (χ0) is 26.1. The summed E-state index contributed by atoms with van der Waals surface area (Å²) in [7, 11) is 0. The second-order valence-corrected chi connectivity index (χ2v) is 8.12. The summed E-state index contributed by atoms with van der Waals surface area (Å²) in [5.74, 6) is -2.84. The molecule has 0 radical (unpaired) electrons. The first-order valence-electron chi connectivity index (χ1n) is 11.6. The van der Waals surface area contributed by atoms with Crippen LogP contribution in [0.5, 0.6) is 0 Å². The Morgan fingerprint density at radius 3 is 1.12 bits per heavy atom. The van der Waals surface area contributed by atoms with E-state index < -0.39 is 17.9 Å². The second kappa shape index (κ2) is 17.9. The average Bonchev–Trinajstić information content (AvgIpc) is 2.74. The fraction of sp³-hybridized carbons (Fsp3) is 0.625. The number of hydrogen-bond donors (Lipinski definition) is 3. The Labute approximate surface area is 203 Å². The molecule has 34 heavy (non-hydrogen) atoms. The van der Waals surface area contributed by atoms with Crippen LogP contribution in [-0.2, 0) is 14.4 Å². The summed E-state index contributed by atoms with van der Waals surface area (Å²) in [5, 5.41) is 27.7. The molecule has 1 aliphatic rings. The zero-order valence-corrected chi connectivity index (χ0v) is 20.9. The predicted octanol–water partition coefficient (Wildman–Crippen LogP) is 1.18. The maximum absolute atomic E-state index is 11.3. The van der Waals surface area contributed by atoms with Crippen molar-refractivity contribution < 1.29 is 29.7 Å². The standard InChI is InChI=1S/C22H36N4O6.C2H6/c1-18(2)4-5-19(3)14-23-6-8-24(15-20(27)28)10-12-26(17-22(31)32)13-11-25(9-7-23)16-21(29)30;1-2/h4-5H,1,3,6-17H2,2H3,(H,27,28)(H,29,30)(H,31,32);1-2H3/b5-4-;. The van der Waals surface area contributed by atoms with Gasteiger partial charge in [-0.2, -0.15) is 0 Å². The van der Waals surface area contributed by atoms with Crippen LogP contribution in [0.3, 0.4) is 0 Å². The van der Waals surface area contributed by atoms with Gasteiger partial charge in [0, 0.05) is 58.9 Å². The molecule has 0 aromatic carbocycles. The molecule has 0 aromatic rings. The molecule has 0 spiro atoms. The van der Waals surface area contributed by atoms with E-state index in [-0.39, 0.29) is 19.6 Å². The molecule has 1 saturated heterocycles. The van der Waals surface area contributed by atoms with Gasteiger partial charge in [-0.1, -0.05) is 44.7 Å². The highest BCUT2D eigenvalue weighted by molar-refractivity contribution is 5.69. The topological polar surface area (TPSA) is 125 Å². The number of carbonyl (C=O) groups is 3. The fourth-order valence-electron chi connectivity index (χ4n) is 3.38. The molecule has 3 N–H and O–H groups in total. The van der Waals surface area contributed by atoms with E-state index in [1.54, 1.807) is 14.7 Å². The molecule has 0 atom stereocenters. The fourth-order valence-corrected chi connectivity index (χ4v) is 3.38. The molecule has 0 saturated carbocycles. The number of rotatable bonds is 10. The molecule has 0 bridgehead atoms. The third-order valence-corrected chi connectivity index (χ3v) is 5.04. The van der Waals surface area contributed by atoms with Crippen molar-refractivity contribution in [3.8, 4) is 0 Å². The molecule has 10 nitrogen and oxygen atoms in total. The van der Waals surface area contributed by atoms with Gasteiger partial charge in [-0.25, -0.2) is 0 Å². The summed E-state index contributed by atoms with van der Waals surface area (Å²) in [5.41, 5.74) is 1.79. The molecule has 0 amide bonds. The number of hydrogen-bond acceptors (Lipinski definition) is 7. The Balaban J connectivity index is 0.00000529. The maximum Gasteiger partial charge on any atom is 0.317 e. The van der Waals surface area contributed by atoms with Crippen molar-refractivity contribution in [3.05, 3.63) is 36.5 Å². The third kappa shape index (κ3) is 16.1. The van der Waals surface area contributed by atoms with Gasteiger partial charge in [-0.05, 0) is 12.5 Å². The lowest BCUT2D eigenvalue weighted by molar-refractivity contribution is -0.140. The zero-order valence-electron chi connectivity index (χ0n) is 20.9. The van der Waals surface area contributed by atoms with Crippen molar-refractivity contribution >= 4 is 17.9 Å². The van der Waals surface area contributed by atoms with Crippen LogP contribution < -0.4 is 0 Å². The minimum absolute atomic E-state index is 0.129. The average molecular weight is 483 g/mol. The third-order valence-electron chi connectivity index (χ3n) is 5.04. The quantitative estimate of drug-likeness (QED) is 0.391. The first-order valence-corrected chi connectivity index (χ1v) is 11.6. The summed E-state index contributed by atoms with van der Waals surface area (Å²) in [6.07, 6.45) is 3.77. The molecule has 1 aliphatic heterocycles. The molecule has 0 aromatic heterocycles. The van der Waals surface area contributed by atoms with Gasteiger partial charge in [-0.3, -0.25) is 34.0 Å². The Kier molecular flexibility index (Phi) is 16.6. The van der Waals surface area contributed by atoms with Crippen LogP contribution in [-0.4, -0.2) is 131 Å². The van der Waals surface area contributed by atoms with Crippen LogP contribution in [0.15, 0.2) is 36.5 Å². The largest absolute Gasteiger partial charge is 0.480 e. The minimum Gasteiger partial charge on any atom is -0.480 e. The van der Waals surface area contributed by atoms with E-state index in [4.69, 9.17) is 0 Å². The molecule has 1 heterocycles. The summed E-state index contributed by atoms with van der Waals surface area (Å²) < 4.78 is 0. The van der Waals surface area contributed by atoms with Crippen LogP contribution in [0.1, 0.15) is 20.8 Å². The van der Waals surface area contributed by atoms with E-state index in [0.717, 1.165) is 11.1 Å². The molecule has 0 aliphatic carbocycles. The van der Waals surface area contributed by atoms with Crippen molar-refractivity contribution in [1.82, 2.24) is 19.6 Å². The first-order chi connectivity index (χ1) is 16.0. The number of aliphatic carboxylic acids is 3. The SMILES string of the molecule is C=C(C)/C=C\C(=C)CN1CCN(CC(=O)O)CCN(CC(=O)O)CCN(CC(=O)O)CC1.CC. The Morgan fingerprint density at radius 2 is 0.882 bits per heavy atom. The van der Waals surface area contributed by atoms with Gasteiger partial charge in [0.1, 0.15) is 0 Å².